The highest BCUT2D eigenvalue weighted by molar-refractivity contribution is 5.91. The lowest BCUT2D eigenvalue weighted by Crippen LogP contribution is -2.31. The van der Waals surface area contributed by atoms with E-state index < -0.39 is 21.7 Å². The van der Waals surface area contributed by atoms with E-state index >= 15 is 0 Å². The first-order valence-corrected chi connectivity index (χ1v) is 20.1. The first-order valence-electron chi connectivity index (χ1n) is 20.1. The highest BCUT2D eigenvalue weighted by atomic mass is 16.5. The van der Waals surface area contributed by atoms with Crippen molar-refractivity contribution in [1.29, 1.82) is 0 Å². The fourth-order valence-electron chi connectivity index (χ4n) is 9.23. The van der Waals surface area contributed by atoms with E-state index in [1.807, 2.05) is 13.8 Å². The van der Waals surface area contributed by atoms with Crippen LogP contribution >= 0.6 is 0 Å². The van der Waals surface area contributed by atoms with E-state index in [-0.39, 0.29) is 11.9 Å². The van der Waals surface area contributed by atoms with Crippen molar-refractivity contribution in [1.82, 2.24) is 29.9 Å². The molecule has 0 spiro atoms. The van der Waals surface area contributed by atoms with Crippen molar-refractivity contribution < 1.29 is 19.1 Å². The van der Waals surface area contributed by atoms with Gasteiger partial charge in [0.1, 0.15) is 11.4 Å². The van der Waals surface area contributed by atoms with Crippen molar-refractivity contribution in [2.75, 3.05) is 13.2 Å². The molecule has 10 heteroatoms. The maximum atomic E-state index is 13.3. The summed E-state index contributed by atoms with van der Waals surface area (Å²) in [6.45, 7) is 25.9. The second-order valence-corrected chi connectivity index (χ2v) is 16.7. The van der Waals surface area contributed by atoms with E-state index in [0.29, 0.717) is 37.4 Å². The standard InChI is InChI=1S/C46H58N6O4/c1-13-27-25(5)39(51-37(27)41(53)55-15-3)45(11)33-21-17-29(47-33)43(7,8)31-19-23-35(49-31)46(12,40-26(6)28(14-2)38(52-40)42(54)56-16-4)36-24-20-32(50-36)44(9,10)30-18-22-34(45)48-30/h17-24,47-52H,13-16H2,1-12H3. The van der Waals surface area contributed by atoms with E-state index in [4.69, 9.17) is 9.47 Å². The van der Waals surface area contributed by atoms with Gasteiger partial charge in [0.15, 0.2) is 0 Å². The van der Waals surface area contributed by atoms with Crippen LogP contribution < -0.4 is 0 Å². The first kappa shape index (κ1) is 38.9. The van der Waals surface area contributed by atoms with E-state index in [1.165, 1.54) is 0 Å². The number of hydrogen-bond donors (Lipinski definition) is 6. The number of H-pyrrole nitrogens is 6. The summed E-state index contributed by atoms with van der Waals surface area (Å²) in [5.41, 5.74) is 12.6. The molecule has 10 nitrogen and oxygen atoms in total. The van der Waals surface area contributed by atoms with Gasteiger partial charge in [-0.25, -0.2) is 9.59 Å². The van der Waals surface area contributed by atoms with Gasteiger partial charge in [0.25, 0.3) is 0 Å². The SMILES string of the molecule is CCOC(=O)c1[nH]c(C2(C)c3ccc([nH]3)C(C)(C)c3ccc([nH]3)C(C)(c3[nH]c(C(=O)OCC)c(CC)c3C)c3ccc([nH]3)C(C)(C)c3ccc2[nH]3)c(C)c1CC. The number of esters is 2. The highest BCUT2D eigenvalue weighted by Crippen LogP contribution is 2.46. The second kappa shape index (κ2) is 13.7. The Hall–Kier alpha value is -5.38. The molecular formula is C46H58N6O4. The average Bonchev–Trinajstić information content (AvgIpc) is 4.01. The summed E-state index contributed by atoms with van der Waals surface area (Å²) < 4.78 is 11.0. The molecule has 0 unspecified atom stereocenters. The minimum atomic E-state index is -0.725. The van der Waals surface area contributed by atoms with Gasteiger partial charge in [-0.05, 0) is 153 Å². The van der Waals surface area contributed by atoms with E-state index in [0.717, 1.165) is 79.2 Å². The molecular weight excluding hydrogens is 701 g/mol. The zero-order valence-corrected chi connectivity index (χ0v) is 35.1. The van der Waals surface area contributed by atoms with Crippen molar-refractivity contribution >= 4 is 11.9 Å². The molecule has 1 aliphatic heterocycles. The number of carbonyl (C=O) groups is 2. The number of hydrogen-bond acceptors (Lipinski definition) is 4. The molecule has 0 saturated heterocycles. The zero-order valence-electron chi connectivity index (χ0n) is 35.1. The summed E-state index contributed by atoms with van der Waals surface area (Å²) in [6.07, 6.45) is 1.38. The molecule has 0 saturated carbocycles. The maximum Gasteiger partial charge on any atom is 0.355 e. The number of ether oxygens (including phenoxy) is 2. The fourth-order valence-corrected chi connectivity index (χ4v) is 9.23. The Bertz CT molecular complexity index is 2180. The largest absolute Gasteiger partial charge is 0.461 e. The predicted octanol–water partition coefficient (Wildman–Crippen LogP) is 9.42. The molecule has 0 fully saturated rings. The molecule has 296 valence electrons. The Labute approximate surface area is 330 Å². The molecule has 6 N–H and O–H groups in total. The summed E-state index contributed by atoms with van der Waals surface area (Å²) in [5, 5.41) is 0. The Balaban J connectivity index is 1.48. The lowest BCUT2D eigenvalue weighted by molar-refractivity contribution is 0.0509. The van der Waals surface area contributed by atoms with Gasteiger partial charge in [0.05, 0.1) is 24.0 Å². The van der Waals surface area contributed by atoms with E-state index in [2.05, 4.69) is 148 Å². The molecule has 7 rings (SSSR count). The van der Waals surface area contributed by atoms with Crippen molar-refractivity contribution in [3.63, 3.8) is 0 Å². The summed E-state index contributed by atoms with van der Waals surface area (Å²) in [5.74, 6) is -0.682. The zero-order chi connectivity index (χ0) is 40.5. The fraction of sp³-hybridized carbons (Fsp3) is 0.435. The Morgan fingerprint density at radius 2 is 0.732 bits per heavy atom. The van der Waals surface area contributed by atoms with Gasteiger partial charge in [-0.15, -0.1) is 0 Å². The molecule has 0 radical (unpaired) electrons. The number of carbonyl (C=O) groups excluding carboxylic acids is 2. The number of aromatic nitrogens is 6. The molecule has 0 aliphatic carbocycles. The van der Waals surface area contributed by atoms with Crippen LogP contribution in [0.4, 0.5) is 0 Å². The molecule has 6 aromatic heterocycles. The number of rotatable bonds is 8. The number of aromatic amines is 6. The Kier molecular flexibility index (Phi) is 9.49. The van der Waals surface area contributed by atoms with E-state index in [1.54, 1.807) is 0 Å². The normalized spacial score (nSPS) is 19.9. The first-order chi connectivity index (χ1) is 26.5. The van der Waals surface area contributed by atoms with Gasteiger partial charge < -0.3 is 39.4 Å². The molecule has 56 heavy (non-hydrogen) atoms. The van der Waals surface area contributed by atoms with Crippen LogP contribution in [0.15, 0.2) is 48.5 Å². The van der Waals surface area contributed by atoms with Crippen LogP contribution in [0.3, 0.4) is 0 Å². The minimum absolute atomic E-state index is 0.301. The van der Waals surface area contributed by atoms with Gasteiger partial charge in [0, 0.05) is 67.8 Å². The van der Waals surface area contributed by atoms with Crippen molar-refractivity contribution in [3.05, 3.63) is 139 Å². The lowest BCUT2D eigenvalue weighted by Gasteiger charge is -2.32. The van der Waals surface area contributed by atoms with E-state index in [9.17, 15) is 9.59 Å². The lowest BCUT2D eigenvalue weighted by atomic mass is 9.78. The van der Waals surface area contributed by atoms with Crippen molar-refractivity contribution in [2.24, 2.45) is 0 Å². The summed E-state index contributed by atoms with van der Waals surface area (Å²) in [6, 6.07) is 17.4. The van der Waals surface area contributed by atoms with Crippen LogP contribution in [-0.4, -0.2) is 55.1 Å². The van der Waals surface area contributed by atoms with Crippen LogP contribution in [-0.2, 0) is 44.0 Å². The number of nitrogens with one attached hydrogen (secondary N) is 6. The summed E-state index contributed by atoms with van der Waals surface area (Å²) in [7, 11) is 0. The van der Waals surface area contributed by atoms with Crippen LogP contribution in [0.5, 0.6) is 0 Å². The van der Waals surface area contributed by atoms with Gasteiger partial charge in [-0.1, -0.05) is 13.8 Å². The van der Waals surface area contributed by atoms with Gasteiger partial charge in [-0.3, -0.25) is 0 Å². The third-order valence-electron chi connectivity index (χ3n) is 13.0. The molecule has 0 atom stereocenters. The Morgan fingerprint density at radius 3 is 0.982 bits per heavy atom. The highest BCUT2D eigenvalue weighted by Gasteiger charge is 2.44. The van der Waals surface area contributed by atoms with Crippen molar-refractivity contribution in [3.8, 4) is 0 Å². The maximum absolute atomic E-state index is 13.3. The smallest absolute Gasteiger partial charge is 0.355 e. The third kappa shape index (κ3) is 5.58. The van der Waals surface area contributed by atoms with Gasteiger partial charge in [0.2, 0.25) is 0 Å². The molecule has 6 aromatic rings. The number of fused-ring (bicyclic) bond motifs is 8. The quantitative estimate of drug-likeness (QED) is 0.0859. The monoisotopic (exact) mass is 758 g/mol. The molecule has 0 aromatic carbocycles. The molecule has 1 aliphatic rings. The Morgan fingerprint density at radius 1 is 0.464 bits per heavy atom. The molecule has 8 bridgehead atoms. The van der Waals surface area contributed by atoms with Crippen LogP contribution in [0, 0.1) is 13.8 Å². The third-order valence-corrected chi connectivity index (χ3v) is 13.0. The molecule has 0 amide bonds. The predicted molar refractivity (Wildman–Crippen MR) is 220 cm³/mol. The van der Waals surface area contributed by atoms with Gasteiger partial charge >= 0.3 is 11.9 Å². The average molecular weight is 759 g/mol. The minimum Gasteiger partial charge on any atom is -0.461 e. The molecule has 7 heterocycles. The summed E-state index contributed by atoms with van der Waals surface area (Å²) in [4.78, 5) is 49.3. The van der Waals surface area contributed by atoms with Crippen molar-refractivity contribution in [2.45, 2.75) is 118 Å². The van der Waals surface area contributed by atoms with Crippen LogP contribution in [0.1, 0.15) is 169 Å². The second-order valence-electron chi connectivity index (χ2n) is 16.7. The summed E-state index contributed by atoms with van der Waals surface area (Å²) >= 11 is 0. The van der Waals surface area contributed by atoms with Crippen LogP contribution in [0.2, 0.25) is 0 Å². The topological polar surface area (TPSA) is 147 Å². The van der Waals surface area contributed by atoms with Crippen LogP contribution in [0.25, 0.3) is 0 Å². The van der Waals surface area contributed by atoms with Gasteiger partial charge in [-0.2, -0.15) is 0 Å².